The van der Waals surface area contributed by atoms with Gasteiger partial charge >= 0.3 is 0 Å². The minimum Gasteiger partial charge on any atom is -0.454 e. The van der Waals surface area contributed by atoms with Crippen LogP contribution in [0.25, 0.3) is 0 Å². The Labute approximate surface area is 111 Å². The van der Waals surface area contributed by atoms with Crippen LogP contribution in [-0.4, -0.2) is 14.9 Å². The Morgan fingerprint density at radius 2 is 2.26 bits per heavy atom. The fourth-order valence-electron chi connectivity index (χ4n) is 1.89. The van der Waals surface area contributed by atoms with E-state index in [1.807, 2.05) is 0 Å². The van der Waals surface area contributed by atoms with Gasteiger partial charge in [0.2, 0.25) is 0 Å². The minimum absolute atomic E-state index is 0.158. The first kappa shape index (κ1) is 13.5. The van der Waals surface area contributed by atoms with E-state index in [0.717, 1.165) is 13.0 Å². The van der Waals surface area contributed by atoms with Crippen molar-refractivity contribution >= 4 is 0 Å². The molecular weight excluding hydrogens is 247 g/mol. The third-order valence-electron chi connectivity index (χ3n) is 2.72. The summed E-state index contributed by atoms with van der Waals surface area (Å²) in [6, 6.07) is 4.48. The van der Waals surface area contributed by atoms with Crippen LogP contribution in [0.4, 0.5) is 4.39 Å². The molecule has 1 N–H and O–H groups in total. The molecule has 0 radical (unpaired) electrons. The predicted octanol–water partition coefficient (Wildman–Crippen LogP) is 3.28. The Morgan fingerprint density at radius 3 is 2.95 bits per heavy atom. The van der Waals surface area contributed by atoms with Gasteiger partial charge in [0.25, 0.3) is 0 Å². The highest BCUT2D eigenvalue weighted by atomic mass is 19.1. The number of ether oxygens (including phenoxy) is 1. The van der Waals surface area contributed by atoms with Crippen molar-refractivity contribution in [2.45, 2.75) is 32.9 Å². The van der Waals surface area contributed by atoms with E-state index in [2.05, 4.69) is 12.0 Å². The molecule has 2 aromatic rings. The Kier molecular flexibility index (Phi) is 4.16. The summed E-state index contributed by atoms with van der Waals surface area (Å²) in [5.41, 5.74) is 0.158. The Hall–Kier alpha value is -1.88. The molecule has 5 heteroatoms. The molecule has 19 heavy (non-hydrogen) atoms. The van der Waals surface area contributed by atoms with Crippen LogP contribution < -0.4 is 4.74 Å². The molecule has 0 aliphatic heterocycles. The van der Waals surface area contributed by atoms with E-state index in [1.165, 1.54) is 13.0 Å². The SMILES string of the molecule is CCCn1cc(Oc2cccc(F)c2C(C)O)cn1. The molecule has 0 saturated carbocycles. The average molecular weight is 264 g/mol. The van der Waals surface area contributed by atoms with Gasteiger partial charge in [0, 0.05) is 6.54 Å². The highest BCUT2D eigenvalue weighted by Crippen LogP contribution is 2.31. The second-order valence-electron chi connectivity index (χ2n) is 4.37. The molecule has 0 fully saturated rings. The molecule has 1 aromatic carbocycles. The van der Waals surface area contributed by atoms with Crippen molar-refractivity contribution in [3.63, 3.8) is 0 Å². The van der Waals surface area contributed by atoms with Crippen LogP contribution in [0.3, 0.4) is 0 Å². The van der Waals surface area contributed by atoms with Gasteiger partial charge in [-0.1, -0.05) is 13.0 Å². The number of rotatable bonds is 5. The molecule has 0 saturated heterocycles. The molecule has 0 aliphatic rings. The summed E-state index contributed by atoms with van der Waals surface area (Å²) in [5, 5.41) is 13.7. The van der Waals surface area contributed by atoms with E-state index in [4.69, 9.17) is 4.74 Å². The normalized spacial score (nSPS) is 12.4. The van der Waals surface area contributed by atoms with E-state index in [1.54, 1.807) is 29.2 Å². The molecule has 0 amide bonds. The summed E-state index contributed by atoms with van der Waals surface area (Å²) >= 11 is 0. The average Bonchev–Trinajstić information content (AvgIpc) is 2.76. The number of benzene rings is 1. The highest BCUT2D eigenvalue weighted by molar-refractivity contribution is 5.39. The third-order valence-corrected chi connectivity index (χ3v) is 2.72. The number of hydrogen-bond donors (Lipinski definition) is 1. The molecule has 0 aliphatic carbocycles. The van der Waals surface area contributed by atoms with Crippen molar-refractivity contribution < 1.29 is 14.2 Å². The second kappa shape index (κ2) is 5.84. The number of aromatic nitrogens is 2. The van der Waals surface area contributed by atoms with Crippen molar-refractivity contribution in [3.05, 3.63) is 42.0 Å². The van der Waals surface area contributed by atoms with E-state index in [-0.39, 0.29) is 5.56 Å². The van der Waals surface area contributed by atoms with Crippen molar-refractivity contribution in [1.82, 2.24) is 9.78 Å². The summed E-state index contributed by atoms with van der Waals surface area (Å²) in [7, 11) is 0. The van der Waals surface area contributed by atoms with Gasteiger partial charge in [0.1, 0.15) is 11.6 Å². The molecule has 1 heterocycles. The van der Waals surface area contributed by atoms with Gasteiger partial charge in [-0.3, -0.25) is 4.68 Å². The molecule has 0 spiro atoms. The zero-order chi connectivity index (χ0) is 13.8. The lowest BCUT2D eigenvalue weighted by atomic mass is 10.1. The standard InChI is InChI=1S/C14H17FN2O2/c1-3-7-17-9-11(8-16-17)19-13-6-4-5-12(15)14(13)10(2)18/h4-6,8-10,18H,3,7H2,1-2H3. The molecule has 1 atom stereocenters. The molecule has 2 rings (SSSR count). The lowest BCUT2D eigenvalue weighted by Gasteiger charge is -2.12. The zero-order valence-corrected chi connectivity index (χ0v) is 11.0. The Morgan fingerprint density at radius 1 is 1.47 bits per heavy atom. The van der Waals surface area contributed by atoms with E-state index >= 15 is 0 Å². The zero-order valence-electron chi connectivity index (χ0n) is 11.0. The van der Waals surface area contributed by atoms with Crippen molar-refractivity contribution in [2.24, 2.45) is 0 Å². The van der Waals surface area contributed by atoms with Gasteiger partial charge in [0.15, 0.2) is 5.75 Å². The maximum absolute atomic E-state index is 13.7. The molecule has 4 nitrogen and oxygen atoms in total. The largest absolute Gasteiger partial charge is 0.454 e. The van der Waals surface area contributed by atoms with Gasteiger partial charge in [-0.2, -0.15) is 5.10 Å². The van der Waals surface area contributed by atoms with Crippen LogP contribution in [0.5, 0.6) is 11.5 Å². The highest BCUT2D eigenvalue weighted by Gasteiger charge is 2.15. The Balaban J connectivity index is 2.25. The van der Waals surface area contributed by atoms with Gasteiger partial charge in [0.05, 0.1) is 24.1 Å². The maximum atomic E-state index is 13.7. The first-order valence-electron chi connectivity index (χ1n) is 6.28. The number of halogens is 1. The van der Waals surface area contributed by atoms with Gasteiger partial charge < -0.3 is 9.84 Å². The summed E-state index contributed by atoms with van der Waals surface area (Å²) < 4.78 is 21.0. The third kappa shape index (κ3) is 3.12. The number of aliphatic hydroxyl groups is 1. The van der Waals surface area contributed by atoms with Crippen LogP contribution in [0.15, 0.2) is 30.6 Å². The summed E-state index contributed by atoms with van der Waals surface area (Å²) in [5.74, 6) is 0.362. The summed E-state index contributed by atoms with van der Waals surface area (Å²) in [6.07, 6.45) is 3.37. The monoisotopic (exact) mass is 264 g/mol. The minimum atomic E-state index is -0.929. The predicted molar refractivity (Wildman–Crippen MR) is 69.6 cm³/mol. The lowest BCUT2D eigenvalue weighted by molar-refractivity contribution is 0.190. The number of hydrogen-bond acceptors (Lipinski definition) is 3. The molecule has 1 aromatic heterocycles. The fraction of sp³-hybridized carbons (Fsp3) is 0.357. The molecule has 102 valence electrons. The van der Waals surface area contributed by atoms with Crippen LogP contribution >= 0.6 is 0 Å². The summed E-state index contributed by atoms with van der Waals surface area (Å²) in [4.78, 5) is 0. The number of aryl methyl sites for hydroxylation is 1. The first-order valence-corrected chi connectivity index (χ1v) is 6.28. The Bertz CT molecular complexity index is 552. The second-order valence-corrected chi connectivity index (χ2v) is 4.37. The van der Waals surface area contributed by atoms with Crippen molar-refractivity contribution in [3.8, 4) is 11.5 Å². The van der Waals surface area contributed by atoms with Gasteiger partial charge in [-0.05, 0) is 25.5 Å². The van der Waals surface area contributed by atoms with Crippen LogP contribution in [0, 0.1) is 5.82 Å². The fourth-order valence-corrected chi connectivity index (χ4v) is 1.89. The topological polar surface area (TPSA) is 47.3 Å². The number of nitrogens with zero attached hydrogens (tertiary/aromatic N) is 2. The van der Waals surface area contributed by atoms with Gasteiger partial charge in [-0.15, -0.1) is 0 Å². The van der Waals surface area contributed by atoms with Crippen LogP contribution in [0.1, 0.15) is 31.9 Å². The van der Waals surface area contributed by atoms with E-state index in [0.29, 0.717) is 11.5 Å². The van der Waals surface area contributed by atoms with E-state index in [9.17, 15) is 9.50 Å². The molecule has 1 unspecified atom stereocenters. The first-order chi connectivity index (χ1) is 9.11. The lowest BCUT2D eigenvalue weighted by Crippen LogP contribution is -1.99. The number of aliphatic hydroxyl groups excluding tert-OH is 1. The summed E-state index contributed by atoms with van der Waals surface area (Å²) in [6.45, 7) is 4.36. The molecule has 0 bridgehead atoms. The van der Waals surface area contributed by atoms with Crippen LogP contribution in [-0.2, 0) is 6.54 Å². The van der Waals surface area contributed by atoms with Gasteiger partial charge in [-0.25, -0.2) is 4.39 Å². The molecular formula is C14H17FN2O2. The van der Waals surface area contributed by atoms with Crippen molar-refractivity contribution in [1.29, 1.82) is 0 Å². The van der Waals surface area contributed by atoms with E-state index < -0.39 is 11.9 Å². The van der Waals surface area contributed by atoms with Crippen molar-refractivity contribution in [2.75, 3.05) is 0 Å². The maximum Gasteiger partial charge on any atom is 0.165 e. The quantitative estimate of drug-likeness (QED) is 0.901. The van der Waals surface area contributed by atoms with Crippen LogP contribution in [0.2, 0.25) is 0 Å². The smallest absolute Gasteiger partial charge is 0.165 e.